The Morgan fingerprint density at radius 1 is 1.07 bits per heavy atom. The average Bonchev–Trinajstić information content (AvgIpc) is 3.59. The molecule has 4 atom stereocenters. The molecule has 0 radical (unpaired) electrons. The summed E-state index contributed by atoms with van der Waals surface area (Å²) in [5.41, 5.74) is 6.14. The van der Waals surface area contributed by atoms with Crippen LogP contribution in [0.4, 0.5) is 0 Å². The summed E-state index contributed by atoms with van der Waals surface area (Å²) in [6, 6.07) is 20.8. The predicted octanol–water partition coefficient (Wildman–Crippen LogP) is 6.87. The number of para-hydroxylation sites is 1. The van der Waals surface area contributed by atoms with Crippen LogP contribution < -0.4 is 4.74 Å². The van der Waals surface area contributed by atoms with E-state index in [1.165, 1.54) is 34.9 Å². The number of nitrogens with zero attached hydrogens (tertiary/aromatic N) is 1. The van der Waals surface area contributed by atoms with Crippen LogP contribution in [0.5, 0.6) is 11.5 Å². The normalized spacial score (nSPS) is 29.4. The van der Waals surface area contributed by atoms with Crippen LogP contribution in [0.15, 0.2) is 60.7 Å². The first kappa shape index (κ1) is 25.0. The molecule has 2 N–H and O–H groups in total. The summed E-state index contributed by atoms with van der Waals surface area (Å²) >= 11 is 6.67. The van der Waals surface area contributed by atoms with Gasteiger partial charge in [-0.25, -0.2) is 0 Å². The highest BCUT2D eigenvalue weighted by atomic mass is 35.5. The van der Waals surface area contributed by atoms with E-state index in [1.54, 1.807) is 0 Å². The molecular weight excluding hydrogens is 543 g/mol. The van der Waals surface area contributed by atoms with E-state index in [9.17, 15) is 5.11 Å². The van der Waals surface area contributed by atoms with Gasteiger partial charge in [0.25, 0.3) is 0 Å². The van der Waals surface area contributed by atoms with Crippen LogP contribution in [0.3, 0.4) is 0 Å². The van der Waals surface area contributed by atoms with Crippen LogP contribution in [0, 0.1) is 5.92 Å². The maximum Gasteiger partial charge on any atom is 0.166 e. The molecule has 2 bridgehead atoms. The Bertz CT molecular complexity index is 1660. The van der Waals surface area contributed by atoms with Crippen molar-refractivity contribution in [2.24, 2.45) is 5.92 Å². The third-order valence-electron chi connectivity index (χ3n) is 10.5. The molecule has 7 heteroatoms. The minimum Gasteiger partial charge on any atom is -0.504 e. The number of aromatic nitrogens is 1. The van der Waals surface area contributed by atoms with Gasteiger partial charge in [-0.1, -0.05) is 54.1 Å². The van der Waals surface area contributed by atoms with Gasteiger partial charge in [-0.2, -0.15) is 0 Å². The van der Waals surface area contributed by atoms with Crippen molar-refractivity contribution >= 4 is 34.9 Å². The number of benzene rings is 3. The van der Waals surface area contributed by atoms with E-state index in [4.69, 9.17) is 21.1 Å². The van der Waals surface area contributed by atoms with Crippen molar-refractivity contribution in [1.29, 1.82) is 0 Å². The van der Waals surface area contributed by atoms with E-state index >= 15 is 0 Å². The van der Waals surface area contributed by atoms with Crippen LogP contribution >= 0.6 is 24.0 Å². The Morgan fingerprint density at radius 3 is 2.75 bits per heavy atom. The number of phenolic OH excluding ortho intramolecular Hbond substituents is 1. The molecule has 40 heavy (non-hydrogen) atoms. The van der Waals surface area contributed by atoms with Crippen LogP contribution in [0.2, 0.25) is 5.02 Å². The highest BCUT2D eigenvalue weighted by Gasteiger charge is 2.74. The SMILES string of the molecule is Cl.Oc1ccc2c3c1O[C@H]1c4[nH]c5ccccc5c4C[C@@]4(OCc5ccccc5Cl)[C@@H](C2)N(CC2CC2)CC[C@]314. The average molecular weight is 576 g/mol. The van der Waals surface area contributed by atoms with Crippen LogP contribution in [0.1, 0.15) is 53.3 Å². The molecule has 4 aromatic rings. The summed E-state index contributed by atoms with van der Waals surface area (Å²) in [6.07, 6.45) is 5.04. The maximum atomic E-state index is 11.1. The zero-order chi connectivity index (χ0) is 25.9. The number of fused-ring (bicyclic) bond motifs is 4. The molecule has 3 heterocycles. The number of nitrogens with one attached hydrogen (secondary N) is 1. The van der Waals surface area contributed by atoms with Gasteiger partial charge in [0.05, 0.1) is 17.7 Å². The zero-order valence-electron chi connectivity index (χ0n) is 22.2. The predicted molar refractivity (Wildman–Crippen MR) is 158 cm³/mol. The first-order valence-corrected chi connectivity index (χ1v) is 14.7. The second-order valence-corrected chi connectivity index (χ2v) is 12.7. The number of hydrogen-bond acceptors (Lipinski definition) is 4. The van der Waals surface area contributed by atoms with Gasteiger partial charge in [-0.05, 0) is 73.0 Å². The molecular formula is C33H32Cl2N2O3. The van der Waals surface area contributed by atoms with E-state index in [0.717, 1.165) is 60.1 Å². The van der Waals surface area contributed by atoms with E-state index < -0.39 is 11.0 Å². The topological polar surface area (TPSA) is 57.7 Å². The number of halogens is 2. The van der Waals surface area contributed by atoms with Crippen molar-refractivity contribution in [3.05, 3.63) is 93.6 Å². The fourth-order valence-electron chi connectivity index (χ4n) is 8.64. The Hall–Kier alpha value is -2.70. The summed E-state index contributed by atoms with van der Waals surface area (Å²) in [4.78, 5) is 6.50. The fourth-order valence-corrected chi connectivity index (χ4v) is 8.83. The number of likely N-dealkylation sites (tertiary alicyclic amines) is 1. The molecule has 0 amide bonds. The lowest BCUT2D eigenvalue weighted by molar-refractivity contribution is -0.210. The molecule has 1 spiro atoms. The van der Waals surface area contributed by atoms with Crippen molar-refractivity contribution in [2.75, 3.05) is 13.1 Å². The lowest BCUT2D eigenvalue weighted by Gasteiger charge is -2.64. The third-order valence-corrected chi connectivity index (χ3v) is 10.8. The quantitative estimate of drug-likeness (QED) is 0.273. The smallest absolute Gasteiger partial charge is 0.166 e. The van der Waals surface area contributed by atoms with Gasteiger partial charge in [0, 0.05) is 40.5 Å². The number of ether oxygens (including phenoxy) is 2. The number of aromatic amines is 1. The highest BCUT2D eigenvalue weighted by molar-refractivity contribution is 6.31. The Kier molecular flexibility index (Phi) is 5.42. The Morgan fingerprint density at radius 2 is 1.90 bits per heavy atom. The fraction of sp³-hybridized carbons (Fsp3) is 0.394. The van der Waals surface area contributed by atoms with Gasteiger partial charge in [0.15, 0.2) is 17.6 Å². The third kappa shape index (κ3) is 3.12. The molecule has 1 saturated carbocycles. The molecule has 5 aliphatic rings. The Balaban J connectivity index is 0.00000245. The maximum absolute atomic E-state index is 11.1. The number of piperidine rings is 1. The summed E-state index contributed by atoms with van der Waals surface area (Å²) in [5.74, 6) is 1.68. The highest BCUT2D eigenvalue weighted by Crippen LogP contribution is 2.70. The van der Waals surface area contributed by atoms with Gasteiger partial charge >= 0.3 is 0 Å². The molecule has 2 aliphatic heterocycles. The molecule has 5 nitrogen and oxygen atoms in total. The zero-order valence-corrected chi connectivity index (χ0v) is 23.7. The number of hydrogen-bond donors (Lipinski definition) is 2. The molecule has 0 unspecified atom stereocenters. The summed E-state index contributed by atoms with van der Waals surface area (Å²) < 4.78 is 14.3. The van der Waals surface area contributed by atoms with Crippen LogP contribution in [0.25, 0.3) is 10.9 Å². The van der Waals surface area contributed by atoms with Crippen LogP contribution in [-0.4, -0.2) is 39.7 Å². The molecule has 9 rings (SSSR count). The molecule has 3 aliphatic carbocycles. The lowest BCUT2D eigenvalue weighted by atomic mass is 9.48. The summed E-state index contributed by atoms with van der Waals surface area (Å²) in [5, 5.41) is 13.1. The number of aromatic hydroxyl groups is 1. The van der Waals surface area contributed by atoms with Crippen molar-refractivity contribution in [2.45, 2.75) is 61.9 Å². The molecule has 1 aromatic heterocycles. The Labute approximate surface area is 244 Å². The molecule has 1 saturated heterocycles. The summed E-state index contributed by atoms with van der Waals surface area (Å²) in [7, 11) is 0. The lowest BCUT2D eigenvalue weighted by Crippen LogP contribution is -2.75. The van der Waals surface area contributed by atoms with Crippen molar-refractivity contribution < 1.29 is 14.6 Å². The first-order valence-electron chi connectivity index (χ1n) is 14.3. The molecule has 3 aromatic carbocycles. The van der Waals surface area contributed by atoms with E-state index in [0.29, 0.717) is 12.4 Å². The number of H-pyrrole nitrogens is 1. The standard InChI is InChI=1S/C33H31ClN2O3.ClH/c34-24-7-3-1-5-21(24)18-38-33-16-23-22-6-2-4-8-25(22)35-29(23)31-32(33)13-14-36(17-19-9-10-19)27(33)15-20-11-12-26(37)30(39-31)28(20)32;/h1-8,11-12,19,27,31,35,37H,9-10,13-18H2;1H/t27-,31+,32+,33-;/m1./s1. The second kappa shape index (κ2) is 8.65. The second-order valence-electron chi connectivity index (χ2n) is 12.3. The monoisotopic (exact) mass is 574 g/mol. The molecule has 2 fully saturated rings. The van der Waals surface area contributed by atoms with Crippen LogP contribution in [-0.2, 0) is 29.6 Å². The van der Waals surface area contributed by atoms with E-state index in [2.05, 4.69) is 46.3 Å². The van der Waals surface area contributed by atoms with Gasteiger partial charge in [-0.15, -0.1) is 12.4 Å². The first-order chi connectivity index (χ1) is 19.1. The van der Waals surface area contributed by atoms with E-state index in [-0.39, 0.29) is 30.3 Å². The van der Waals surface area contributed by atoms with Crippen molar-refractivity contribution in [3.63, 3.8) is 0 Å². The largest absolute Gasteiger partial charge is 0.504 e. The van der Waals surface area contributed by atoms with Crippen molar-refractivity contribution in [1.82, 2.24) is 9.88 Å². The summed E-state index contributed by atoms with van der Waals surface area (Å²) in [6.45, 7) is 2.59. The van der Waals surface area contributed by atoms with E-state index in [1.807, 2.05) is 24.3 Å². The minimum absolute atomic E-state index is 0. The van der Waals surface area contributed by atoms with Crippen molar-refractivity contribution in [3.8, 4) is 11.5 Å². The minimum atomic E-state index is -0.520. The van der Waals surface area contributed by atoms with Gasteiger partial charge in [0.2, 0.25) is 0 Å². The van der Waals surface area contributed by atoms with Gasteiger partial charge in [0.1, 0.15) is 5.60 Å². The van der Waals surface area contributed by atoms with Gasteiger partial charge < -0.3 is 19.6 Å². The molecule has 206 valence electrons. The number of phenols is 1. The number of rotatable bonds is 5. The van der Waals surface area contributed by atoms with Gasteiger partial charge in [-0.3, -0.25) is 4.90 Å².